The highest BCUT2D eigenvalue weighted by Crippen LogP contribution is 2.24. The summed E-state index contributed by atoms with van der Waals surface area (Å²) in [5.74, 6) is -0.397. The monoisotopic (exact) mass is 499 g/mol. The highest BCUT2D eigenvalue weighted by Gasteiger charge is 2.23. The van der Waals surface area contributed by atoms with Gasteiger partial charge in [0.25, 0.3) is 11.8 Å². The van der Waals surface area contributed by atoms with Gasteiger partial charge < -0.3 is 20.7 Å². The molecule has 3 aromatic carbocycles. The Hall–Kier alpha value is -4.43. The van der Waals surface area contributed by atoms with Crippen LogP contribution in [0.3, 0.4) is 0 Å². The molecule has 8 heteroatoms. The Bertz CT molecular complexity index is 1320. The lowest BCUT2D eigenvalue weighted by Crippen LogP contribution is -2.45. The summed E-state index contributed by atoms with van der Waals surface area (Å²) in [7, 11) is 1.54. The number of hydrogen-bond donors (Lipinski definition) is 3. The summed E-state index contributed by atoms with van der Waals surface area (Å²) in [6.45, 7) is 0. The van der Waals surface area contributed by atoms with Gasteiger partial charge in [-0.15, -0.1) is 11.3 Å². The molecule has 1 aromatic heterocycles. The zero-order valence-electron chi connectivity index (χ0n) is 19.6. The van der Waals surface area contributed by atoms with E-state index in [1.54, 1.807) is 54.6 Å². The first kappa shape index (κ1) is 24.7. The number of nitrogens with one attached hydrogen (secondary N) is 3. The summed E-state index contributed by atoms with van der Waals surface area (Å²) in [4.78, 5) is 39.0. The lowest BCUT2D eigenvalue weighted by molar-refractivity contribution is -0.118. The van der Waals surface area contributed by atoms with Gasteiger partial charge in [0.05, 0.1) is 17.7 Å². The number of para-hydroxylation sites is 2. The molecule has 3 amide bonds. The smallest absolute Gasteiger partial charge is 0.262 e. The third-order valence-electron chi connectivity index (χ3n) is 5.42. The molecule has 182 valence electrons. The summed E-state index contributed by atoms with van der Waals surface area (Å²) in [6, 6.07) is 25.9. The Morgan fingerprint density at radius 3 is 2.22 bits per heavy atom. The molecule has 4 rings (SSSR count). The van der Waals surface area contributed by atoms with Crippen LogP contribution in [0.15, 0.2) is 96.4 Å². The van der Waals surface area contributed by atoms with Gasteiger partial charge in [0, 0.05) is 17.7 Å². The Balaban J connectivity index is 1.44. The van der Waals surface area contributed by atoms with Crippen molar-refractivity contribution >= 4 is 40.4 Å². The van der Waals surface area contributed by atoms with Crippen LogP contribution in [0.25, 0.3) is 0 Å². The number of thiophene rings is 1. The maximum atomic E-state index is 13.1. The largest absolute Gasteiger partial charge is 0.495 e. The van der Waals surface area contributed by atoms with Crippen molar-refractivity contribution in [3.05, 3.63) is 112 Å². The van der Waals surface area contributed by atoms with Crippen molar-refractivity contribution < 1.29 is 19.1 Å². The Morgan fingerprint density at radius 1 is 0.806 bits per heavy atom. The molecule has 0 fully saturated rings. The first-order valence-corrected chi connectivity index (χ1v) is 12.1. The topological polar surface area (TPSA) is 96.5 Å². The number of carbonyl (C=O) groups is 3. The average molecular weight is 500 g/mol. The highest BCUT2D eigenvalue weighted by atomic mass is 32.1. The number of ether oxygens (including phenoxy) is 1. The summed E-state index contributed by atoms with van der Waals surface area (Å²) < 4.78 is 5.27. The molecule has 3 N–H and O–H groups in total. The molecule has 0 aliphatic heterocycles. The third-order valence-corrected chi connectivity index (χ3v) is 6.29. The number of amides is 3. The predicted octanol–water partition coefficient (Wildman–Crippen LogP) is 4.99. The van der Waals surface area contributed by atoms with Gasteiger partial charge in [0.1, 0.15) is 11.8 Å². The molecule has 0 bridgehead atoms. The minimum Gasteiger partial charge on any atom is -0.495 e. The molecule has 36 heavy (non-hydrogen) atoms. The van der Waals surface area contributed by atoms with E-state index < -0.39 is 6.04 Å². The van der Waals surface area contributed by atoms with E-state index in [0.29, 0.717) is 34.0 Å². The molecule has 0 radical (unpaired) electrons. The standard InChI is InChI=1S/C28H25N3O4S/c1-35-24-11-6-5-10-22(24)30-26(32)20-13-15-21(16-14-20)29-27(33)23(18-19-8-3-2-4-9-19)31-28(34)25-12-7-17-36-25/h2-17,23H,18H2,1H3,(H,29,33)(H,30,32)(H,31,34)/t23-/m1/s1. The number of benzene rings is 3. The minimum absolute atomic E-state index is 0.301. The van der Waals surface area contributed by atoms with Gasteiger partial charge in [-0.05, 0) is 53.4 Å². The van der Waals surface area contributed by atoms with Crippen LogP contribution in [0, 0.1) is 0 Å². The van der Waals surface area contributed by atoms with Crippen molar-refractivity contribution in [2.75, 3.05) is 17.7 Å². The van der Waals surface area contributed by atoms with Gasteiger partial charge in [0.2, 0.25) is 5.91 Å². The van der Waals surface area contributed by atoms with E-state index in [9.17, 15) is 14.4 Å². The van der Waals surface area contributed by atoms with Crippen LogP contribution in [0.5, 0.6) is 5.75 Å². The van der Waals surface area contributed by atoms with Crippen LogP contribution in [0.2, 0.25) is 0 Å². The molecule has 0 aliphatic rings. The molecule has 1 heterocycles. The van der Waals surface area contributed by atoms with E-state index in [2.05, 4.69) is 16.0 Å². The molecule has 7 nitrogen and oxygen atoms in total. The first-order chi connectivity index (χ1) is 17.5. The van der Waals surface area contributed by atoms with Crippen LogP contribution >= 0.6 is 11.3 Å². The van der Waals surface area contributed by atoms with Gasteiger partial charge in [-0.25, -0.2) is 0 Å². The van der Waals surface area contributed by atoms with Crippen LogP contribution in [-0.4, -0.2) is 30.9 Å². The molecule has 0 aliphatic carbocycles. The zero-order chi connectivity index (χ0) is 25.3. The van der Waals surface area contributed by atoms with Crippen molar-refractivity contribution in [2.24, 2.45) is 0 Å². The molecular weight excluding hydrogens is 474 g/mol. The van der Waals surface area contributed by atoms with E-state index in [0.717, 1.165) is 5.56 Å². The molecule has 0 spiro atoms. The molecule has 4 aromatic rings. The number of carbonyl (C=O) groups excluding carboxylic acids is 3. The second-order valence-corrected chi connectivity index (χ2v) is 8.86. The quantitative estimate of drug-likeness (QED) is 0.302. The van der Waals surface area contributed by atoms with E-state index in [1.807, 2.05) is 41.8 Å². The zero-order valence-corrected chi connectivity index (χ0v) is 20.4. The van der Waals surface area contributed by atoms with Crippen LogP contribution in [0.1, 0.15) is 25.6 Å². The van der Waals surface area contributed by atoms with Crippen LogP contribution in [-0.2, 0) is 11.2 Å². The fourth-order valence-corrected chi connectivity index (χ4v) is 4.20. The predicted molar refractivity (Wildman–Crippen MR) is 142 cm³/mol. The molecule has 1 atom stereocenters. The number of hydrogen-bond acceptors (Lipinski definition) is 5. The molecule has 0 saturated carbocycles. The maximum Gasteiger partial charge on any atom is 0.262 e. The molecule has 0 unspecified atom stereocenters. The van der Waals surface area contributed by atoms with Gasteiger partial charge in [0.15, 0.2) is 0 Å². The Labute approximate surface area is 213 Å². The first-order valence-electron chi connectivity index (χ1n) is 11.3. The molecule has 0 saturated heterocycles. The van der Waals surface area contributed by atoms with E-state index in [1.165, 1.54) is 18.4 Å². The van der Waals surface area contributed by atoms with Gasteiger partial charge in [-0.3, -0.25) is 14.4 Å². The number of rotatable bonds is 9. The fraction of sp³-hybridized carbons (Fsp3) is 0.107. The Morgan fingerprint density at radius 2 is 1.53 bits per heavy atom. The van der Waals surface area contributed by atoms with Crippen molar-refractivity contribution in [1.29, 1.82) is 0 Å². The number of anilines is 2. The fourth-order valence-electron chi connectivity index (χ4n) is 3.57. The van der Waals surface area contributed by atoms with E-state index in [4.69, 9.17) is 4.74 Å². The maximum absolute atomic E-state index is 13.1. The Kier molecular flexibility index (Phi) is 8.10. The highest BCUT2D eigenvalue weighted by molar-refractivity contribution is 7.12. The summed E-state index contributed by atoms with van der Waals surface area (Å²) in [5, 5.41) is 10.3. The SMILES string of the molecule is COc1ccccc1NC(=O)c1ccc(NC(=O)[C@@H](Cc2ccccc2)NC(=O)c2cccs2)cc1. The summed E-state index contributed by atoms with van der Waals surface area (Å²) >= 11 is 1.31. The van der Waals surface area contributed by atoms with E-state index >= 15 is 0 Å². The second-order valence-electron chi connectivity index (χ2n) is 7.91. The normalized spacial score (nSPS) is 11.2. The molecular formula is C28H25N3O4S. The lowest BCUT2D eigenvalue weighted by Gasteiger charge is -2.18. The van der Waals surface area contributed by atoms with Crippen LogP contribution < -0.4 is 20.7 Å². The third kappa shape index (κ3) is 6.37. The van der Waals surface area contributed by atoms with Crippen molar-refractivity contribution in [3.8, 4) is 5.75 Å². The average Bonchev–Trinajstić information content (AvgIpc) is 3.45. The van der Waals surface area contributed by atoms with Gasteiger partial charge in [-0.1, -0.05) is 48.5 Å². The summed E-state index contributed by atoms with van der Waals surface area (Å²) in [6.07, 6.45) is 0.336. The minimum atomic E-state index is -0.782. The van der Waals surface area contributed by atoms with Crippen molar-refractivity contribution in [2.45, 2.75) is 12.5 Å². The van der Waals surface area contributed by atoms with Gasteiger partial charge in [-0.2, -0.15) is 0 Å². The lowest BCUT2D eigenvalue weighted by atomic mass is 10.0. The van der Waals surface area contributed by atoms with Gasteiger partial charge >= 0.3 is 0 Å². The van der Waals surface area contributed by atoms with Crippen molar-refractivity contribution in [3.63, 3.8) is 0 Å². The van der Waals surface area contributed by atoms with E-state index in [-0.39, 0.29) is 17.7 Å². The summed E-state index contributed by atoms with van der Waals surface area (Å²) in [5.41, 5.74) is 2.42. The van der Waals surface area contributed by atoms with Crippen LogP contribution in [0.4, 0.5) is 11.4 Å². The second kappa shape index (κ2) is 11.8. The van der Waals surface area contributed by atoms with Crippen molar-refractivity contribution in [1.82, 2.24) is 5.32 Å². The number of methoxy groups -OCH3 is 1.